The van der Waals surface area contributed by atoms with Crippen molar-refractivity contribution in [1.82, 2.24) is 9.48 Å². The molecule has 0 atom stereocenters. The number of rotatable bonds is 4. The average Bonchev–Trinajstić information content (AvgIpc) is 2.67. The van der Waals surface area contributed by atoms with Crippen LogP contribution in [0, 0.1) is 11.3 Å². The number of halogens is 1. The minimum Gasteiger partial charge on any atom is -0.464 e. The normalized spacial score (nSPS) is 10.4. The number of para-hydroxylation sites is 1. The third kappa shape index (κ3) is 2.89. The summed E-state index contributed by atoms with van der Waals surface area (Å²) in [5, 5.41) is 3.76. The number of benzene rings is 2. The third-order valence-electron chi connectivity index (χ3n) is 3.92. The van der Waals surface area contributed by atoms with Crippen molar-refractivity contribution in [3.63, 3.8) is 0 Å². The van der Waals surface area contributed by atoms with Gasteiger partial charge in [-0.15, -0.1) is 0 Å². The first kappa shape index (κ1) is 17.2. The zero-order valence-corrected chi connectivity index (χ0v) is 13.8. The Hall–Kier alpha value is -3.64. The van der Waals surface area contributed by atoms with Gasteiger partial charge in [0.05, 0.1) is 18.2 Å². The van der Waals surface area contributed by atoms with Crippen LogP contribution >= 0.6 is 0 Å². The predicted octanol–water partition coefficient (Wildman–Crippen LogP) is 2.97. The van der Waals surface area contributed by atoms with Crippen LogP contribution in [0.2, 0.25) is 0 Å². The number of carbonyl (C=O) groups is 1. The van der Waals surface area contributed by atoms with E-state index in [1.807, 2.05) is 0 Å². The number of carbonyl (C=O) groups excluding carboxylic acids is 1. The first-order chi connectivity index (χ1) is 12.6. The molecule has 0 radical (unpaired) electrons. The summed E-state index contributed by atoms with van der Waals surface area (Å²) in [6, 6.07) is 12.5. The summed E-state index contributed by atoms with van der Waals surface area (Å²) in [4.78, 5) is 28.3. The molecule has 0 unspecified atom stereocenters. The van der Waals surface area contributed by atoms with Crippen LogP contribution < -0.4 is 10.3 Å². The van der Waals surface area contributed by atoms with Gasteiger partial charge in [0.15, 0.2) is 12.0 Å². The maximum atomic E-state index is 13.9. The van der Waals surface area contributed by atoms with E-state index >= 15 is 0 Å². The number of nitrogens with zero attached hydrogens (tertiary/aromatic N) is 3. The van der Waals surface area contributed by atoms with Crippen molar-refractivity contribution in [3.05, 3.63) is 75.8 Å². The van der Waals surface area contributed by atoms with Crippen LogP contribution in [0.4, 0.5) is 4.39 Å². The lowest BCUT2D eigenvalue weighted by Crippen LogP contribution is -2.24. The van der Waals surface area contributed by atoms with Gasteiger partial charge >= 0.3 is 5.97 Å². The summed E-state index contributed by atoms with van der Waals surface area (Å²) in [5.41, 5.74) is 7.08. The smallest absolute Gasteiger partial charge is 0.355 e. The van der Waals surface area contributed by atoms with Gasteiger partial charge in [-0.25, -0.2) is 9.18 Å². The zero-order chi connectivity index (χ0) is 18.7. The fraction of sp³-hybridized carbons (Fsp3) is 0.111. The number of esters is 1. The third-order valence-corrected chi connectivity index (χ3v) is 3.92. The number of pyridine rings is 1. The van der Waals surface area contributed by atoms with E-state index < -0.39 is 17.2 Å². The van der Waals surface area contributed by atoms with Crippen LogP contribution in [0.5, 0.6) is 0 Å². The predicted molar refractivity (Wildman–Crippen MR) is 91.8 cm³/mol. The van der Waals surface area contributed by atoms with Gasteiger partial charge in [0.25, 0.3) is 0 Å². The maximum Gasteiger partial charge on any atom is 0.355 e. The highest BCUT2D eigenvalue weighted by atomic mass is 19.1. The van der Waals surface area contributed by atoms with E-state index in [-0.39, 0.29) is 28.7 Å². The van der Waals surface area contributed by atoms with E-state index in [1.54, 1.807) is 30.3 Å². The van der Waals surface area contributed by atoms with E-state index in [4.69, 9.17) is 10.3 Å². The average molecular weight is 353 g/mol. The summed E-state index contributed by atoms with van der Waals surface area (Å²) in [7, 11) is 1.19. The molecule has 3 rings (SSSR count). The number of fused-ring (bicyclic) bond motifs is 1. The second-order valence-corrected chi connectivity index (χ2v) is 5.38. The van der Waals surface area contributed by atoms with Crippen LogP contribution in [-0.4, -0.2) is 17.6 Å². The van der Waals surface area contributed by atoms with Gasteiger partial charge in [-0.05, 0) is 30.3 Å². The molecule has 1 heterocycles. The highest BCUT2D eigenvalue weighted by molar-refractivity contribution is 5.95. The van der Waals surface area contributed by atoms with Gasteiger partial charge in [0.1, 0.15) is 22.2 Å². The molecule has 0 aliphatic rings. The van der Waals surface area contributed by atoms with Gasteiger partial charge < -0.3 is 9.30 Å². The first-order valence-corrected chi connectivity index (χ1v) is 7.62. The van der Waals surface area contributed by atoms with Crippen molar-refractivity contribution in [2.45, 2.75) is 6.54 Å². The fourth-order valence-corrected chi connectivity index (χ4v) is 2.82. The van der Waals surface area contributed by atoms with Gasteiger partial charge in [-0.2, -0.15) is 0 Å². The molecule has 0 amide bonds. The molecule has 1 N–H and O–H groups in total. The molecule has 0 spiro atoms. The lowest BCUT2D eigenvalue weighted by atomic mass is 10.1. The Morgan fingerprint density at radius 2 is 2.00 bits per heavy atom. The molecule has 26 heavy (non-hydrogen) atoms. The molecule has 2 aromatic carbocycles. The zero-order valence-electron chi connectivity index (χ0n) is 13.8. The molecule has 0 fully saturated rings. The van der Waals surface area contributed by atoms with Gasteiger partial charge in [0, 0.05) is 11.1 Å². The van der Waals surface area contributed by atoms with Crippen molar-refractivity contribution in [3.8, 4) is 5.69 Å². The molecule has 0 bridgehead atoms. The number of aromatic nitrogens is 1. The SMILES string of the molecule is COC(=O)c1c(CN=[N+]=N)c(=O)c2ccc(F)cc2n1-c1ccccc1. The lowest BCUT2D eigenvalue weighted by Gasteiger charge is -2.18. The fourth-order valence-electron chi connectivity index (χ4n) is 2.82. The minimum atomic E-state index is -0.771. The number of hydrogen-bond acceptors (Lipinski definition) is 5. The molecule has 0 saturated heterocycles. The summed E-state index contributed by atoms with van der Waals surface area (Å²) >= 11 is 0. The summed E-state index contributed by atoms with van der Waals surface area (Å²) in [6.45, 7) is -0.271. The first-order valence-electron chi connectivity index (χ1n) is 7.62. The van der Waals surface area contributed by atoms with Gasteiger partial charge in [0.2, 0.25) is 4.91 Å². The minimum absolute atomic E-state index is 0.0239. The van der Waals surface area contributed by atoms with E-state index in [0.29, 0.717) is 5.69 Å². The van der Waals surface area contributed by atoms with E-state index in [0.717, 1.165) is 0 Å². The van der Waals surface area contributed by atoms with Crippen LogP contribution in [0.15, 0.2) is 58.4 Å². The van der Waals surface area contributed by atoms with E-state index in [1.165, 1.54) is 29.9 Å². The summed E-state index contributed by atoms with van der Waals surface area (Å²) < 4.78 is 20.2. The molecular weight excluding hydrogens is 339 g/mol. The highest BCUT2D eigenvalue weighted by Gasteiger charge is 2.25. The summed E-state index contributed by atoms with van der Waals surface area (Å²) in [5.74, 6) is -1.32. The van der Waals surface area contributed by atoms with Crippen molar-refractivity contribution in [1.29, 1.82) is 5.53 Å². The second-order valence-electron chi connectivity index (χ2n) is 5.38. The summed E-state index contributed by atoms with van der Waals surface area (Å²) in [6.07, 6.45) is 0. The number of ether oxygens (including phenoxy) is 1. The maximum absolute atomic E-state index is 13.9. The van der Waals surface area contributed by atoms with Crippen molar-refractivity contribution in [2.75, 3.05) is 7.11 Å². The number of nitrogens with one attached hydrogen (secondary N) is 1. The van der Waals surface area contributed by atoms with Crippen LogP contribution in [0.1, 0.15) is 16.1 Å². The van der Waals surface area contributed by atoms with Crippen molar-refractivity contribution < 1.29 is 13.9 Å². The monoisotopic (exact) mass is 353 g/mol. The molecule has 0 aliphatic carbocycles. The molecule has 3 aromatic rings. The highest BCUT2D eigenvalue weighted by Crippen LogP contribution is 2.24. The van der Waals surface area contributed by atoms with E-state index in [9.17, 15) is 14.0 Å². The number of hydrogen-bond donors (Lipinski definition) is 1. The van der Waals surface area contributed by atoms with Crippen LogP contribution in [0.3, 0.4) is 0 Å². The van der Waals surface area contributed by atoms with Crippen LogP contribution in [0.25, 0.3) is 16.6 Å². The van der Waals surface area contributed by atoms with Crippen molar-refractivity contribution >= 4 is 16.9 Å². The second kappa shape index (κ2) is 7.08. The molecule has 7 nitrogen and oxygen atoms in total. The lowest BCUT2D eigenvalue weighted by molar-refractivity contribution is 0.0589. The van der Waals surface area contributed by atoms with Crippen LogP contribution in [-0.2, 0) is 11.3 Å². The molecular formula is C18H14FN4O3+. The Labute approximate surface area is 146 Å². The van der Waals surface area contributed by atoms with Crippen molar-refractivity contribution in [2.24, 2.45) is 5.11 Å². The Balaban J connectivity index is 2.56. The Morgan fingerprint density at radius 3 is 2.65 bits per heavy atom. The molecule has 0 saturated carbocycles. The topological polar surface area (TPSA) is 98.6 Å². The standard InChI is InChI=1S/C18H14FN4O3/c1-26-18(25)16-14(10-21-22-20)17(24)13-8-7-11(19)9-15(13)23(16)12-5-3-2-4-6-12/h2-9,20H,10H2,1H3/q+1. The Kier molecular flexibility index (Phi) is 4.68. The Morgan fingerprint density at radius 1 is 1.27 bits per heavy atom. The molecule has 8 heteroatoms. The van der Waals surface area contributed by atoms with Gasteiger partial charge in [-0.3, -0.25) is 4.79 Å². The molecule has 130 valence electrons. The Bertz CT molecular complexity index is 1100. The quantitative estimate of drug-likeness (QED) is 0.443. The van der Waals surface area contributed by atoms with E-state index in [2.05, 4.69) is 10.0 Å². The van der Waals surface area contributed by atoms with Gasteiger partial charge in [-0.1, -0.05) is 18.2 Å². The largest absolute Gasteiger partial charge is 0.464 e. The molecule has 1 aromatic heterocycles. The number of methoxy groups -OCH3 is 1. The molecule has 0 aliphatic heterocycles.